The maximum absolute atomic E-state index is 3.65. The molecule has 6 aromatic carbocycles. The van der Waals surface area contributed by atoms with Crippen LogP contribution in [0.15, 0.2) is 104 Å². The van der Waals surface area contributed by atoms with E-state index in [9.17, 15) is 0 Å². The Balaban J connectivity index is 0.00000108. The molecule has 40 heavy (non-hydrogen) atoms. The summed E-state index contributed by atoms with van der Waals surface area (Å²) in [4.78, 5) is 2.58. The molecule has 8 rings (SSSR count). The number of aromatic nitrogens is 2. The Morgan fingerprint density at radius 2 is 1.02 bits per heavy atom. The molecule has 0 unspecified atom stereocenters. The van der Waals surface area contributed by atoms with Crippen molar-refractivity contribution in [1.82, 2.24) is 9.13 Å². The Kier molecular flexibility index (Phi) is 8.20. The summed E-state index contributed by atoms with van der Waals surface area (Å²) < 4.78 is 6.94. The van der Waals surface area contributed by atoms with Gasteiger partial charge < -0.3 is 33.9 Å². The van der Waals surface area contributed by atoms with E-state index in [1.54, 1.807) is 0 Å². The van der Waals surface area contributed by atoms with Crippen molar-refractivity contribution < 1.29 is 51.0 Å². The minimum absolute atomic E-state index is 0. The Labute approximate surface area is 284 Å². The summed E-state index contributed by atoms with van der Waals surface area (Å²) >= 11 is 9.19. The molecular formula is C32H20Br2Cl2N2SZr. The summed E-state index contributed by atoms with van der Waals surface area (Å²) in [5.41, 5.74) is 5.15. The third-order valence-electron chi connectivity index (χ3n) is 7.81. The van der Waals surface area contributed by atoms with Crippen LogP contribution in [-0.4, -0.2) is 9.13 Å². The minimum atomic E-state index is 0. The monoisotopic (exact) mass is 782 g/mol. The van der Waals surface area contributed by atoms with Gasteiger partial charge in [-0.05, 0) is 56.8 Å². The number of aryl methyl sites for hydroxylation is 2. The molecular weight excluding hydrogens is 766 g/mol. The van der Waals surface area contributed by atoms with Gasteiger partial charge in [0.2, 0.25) is 0 Å². The van der Waals surface area contributed by atoms with E-state index in [1.807, 2.05) is 11.8 Å². The molecule has 2 heterocycles. The third kappa shape index (κ3) is 4.20. The second-order valence-electron chi connectivity index (χ2n) is 9.80. The zero-order chi connectivity index (χ0) is 25.0. The van der Waals surface area contributed by atoms with Gasteiger partial charge in [-0.15, -0.1) is 47.2 Å². The summed E-state index contributed by atoms with van der Waals surface area (Å²) in [7, 11) is 4.38. The van der Waals surface area contributed by atoms with Gasteiger partial charge in [0, 0.05) is 34.1 Å². The van der Waals surface area contributed by atoms with Crippen molar-refractivity contribution >= 4 is 109 Å². The topological polar surface area (TPSA) is 9.86 Å². The molecule has 2 aromatic heterocycles. The van der Waals surface area contributed by atoms with Crippen LogP contribution in [0, 0.1) is 0 Å². The van der Waals surface area contributed by atoms with Gasteiger partial charge in [0.05, 0.1) is 0 Å². The smallest absolute Gasteiger partial charge is 1.00 e. The summed E-state index contributed by atoms with van der Waals surface area (Å²) in [6.45, 7) is 0. The zero-order valence-corrected chi connectivity index (χ0v) is 29.4. The fourth-order valence-corrected chi connectivity index (χ4v) is 8.17. The summed E-state index contributed by atoms with van der Waals surface area (Å²) in [6.07, 6.45) is 0. The number of rotatable bonds is 2. The second-order valence-corrected chi connectivity index (χ2v) is 12.7. The van der Waals surface area contributed by atoms with Crippen LogP contribution >= 0.6 is 43.6 Å². The molecule has 0 spiro atoms. The Morgan fingerprint density at radius 3 is 1.45 bits per heavy atom. The van der Waals surface area contributed by atoms with E-state index in [1.165, 1.54) is 74.9 Å². The van der Waals surface area contributed by atoms with E-state index in [4.69, 9.17) is 0 Å². The van der Waals surface area contributed by atoms with Crippen LogP contribution in [0.4, 0.5) is 0 Å². The molecule has 0 saturated carbocycles. The van der Waals surface area contributed by atoms with E-state index in [0.717, 1.165) is 8.95 Å². The van der Waals surface area contributed by atoms with Crippen LogP contribution in [0.2, 0.25) is 0 Å². The Bertz CT molecular complexity index is 2080. The van der Waals surface area contributed by atoms with Crippen LogP contribution in [0.3, 0.4) is 0 Å². The molecule has 0 radical (unpaired) electrons. The average molecular weight is 787 g/mol. The van der Waals surface area contributed by atoms with Crippen LogP contribution in [0.1, 0.15) is 0 Å². The van der Waals surface area contributed by atoms with Crippen molar-refractivity contribution in [2.45, 2.75) is 9.79 Å². The van der Waals surface area contributed by atoms with Gasteiger partial charge in [0.15, 0.2) is 0 Å². The van der Waals surface area contributed by atoms with Gasteiger partial charge in [0.25, 0.3) is 0 Å². The summed E-state index contributed by atoms with van der Waals surface area (Å²) in [6, 6.07) is 31.3. The van der Waals surface area contributed by atoms with Gasteiger partial charge in [-0.2, -0.15) is 11.8 Å². The Hall–Kier alpha value is -1.53. The zero-order valence-electron chi connectivity index (χ0n) is 21.4. The van der Waals surface area contributed by atoms with Crippen LogP contribution in [-0.2, 0) is 40.3 Å². The van der Waals surface area contributed by atoms with E-state index in [-0.39, 0.29) is 51.0 Å². The molecule has 8 heteroatoms. The molecule has 0 aliphatic rings. The van der Waals surface area contributed by atoms with Crippen molar-refractivity contribution in [2.75, 3.05) is 0 Å². The number of hydrogen-bond donors (Lipinski definition) is 0. The van der Waals surface area contributed by atoms with Gasteiger partial charge in [-0.3, -0.25) is 0 Å². The first-order chi connectivity index (χ1) is 18.0. The first kappa shape index (κ1) is 29.9. The molecule has 196 valence electrons. The molecule has 0 atom stereocenters. The van der Waals surface area contributed by atoms with Crippen molar-refractivity contribution in [2.24, 2.45) is 14.1 Å². The molecule has 0 saturated heterocycles. The largest absolute Gasteiger partial charge is 4.00 e. The standard InChI is InChI=1S/C32H20Br2N2S.2ClH.Zr/c1-35-25-5-3-7-27(29(25)23-15-17-13-19(33)9-11-21(17)31(23)35)37-28-8-4-6-26-30(28)24-16-18-14-20(34)10-12-22(18)32(24)36(26)2;;;/h3-16H,1-2H3;2*1H;/q-2;;;+4/p-2. The molecule has 2 nitrogen and oxygen atoms in total. The number of hydrogen-bond acceptors (Lipinski definition) is 1. The number of fused-ring (bicyclic) bond motifs is 10. The van der Waals surface area contributed by atoms with Crippen molar-refractivity contribution in [3.05, 3.63) is 93.9 Å². The van der Waals surface area contributed by atoms with Crippen molar-refractivity contribution in [3.8, 4) is 0 Å². The van der Waals surface area contributed by atoms with E-state index < -0.39 is 0 Å². The minimum Gasteiger partial charge on any atom is -1.00 e. The van der Waals surface area contributed by atoms with Crippen LogP contribution < -0.4 is 24.8 Å². The van der Waals surface area contributed by atoms with Crippen molar-refractivity contribution in [3.63, 3.8) is 0 Å². The molecule has 0 aliphatic carbocycles. The number of halogens is 4. The van der Waals surface area contributed by atoms with Crippen LogP contribution in [0.25, 0.3) is 65.2 Å². The molecule has 0 N–H and O–H groups in total. The van der Waals surface area contributed by atoms with E-state index in [2.05, 4.69) is 140 Å². The second kappa shape index (κ2) is 10.9. The van der Waals surface area contributed by atoms with Gasteiger partial charge in [-0.25, -0.2) is 0 Å². The SMILES string of the molecule is Cn1c2ccc[c-](S[c-]3cccc4c3c3cc5cc(Br)ccc5c3n4C)c2c2cc3cc(Br)ccc3c21.[Cl-].[Cl-].[Zr+4]. The molecule has 8 aromatic rings. The predicted octanol–water partition coefficient (Wildman–Crippen LogP) is 4.40. The number of benzene rings is 4. The average Bonchev–Trinajstić information content (AvgIpc) is 3.59. The van der Waals surface area contributed by atoms with Gasteiger partial charge in [-0.1, -0.05) is 76.7 Å². The molecule has 0 aliphatic heterocycles. The maximum atomic E-state index is 3.65. The first-order valence-electron chi connectivity index (χ1n) is 12.2. The summed E-state index contributed by atoms with van der Waals surface area (Å²) in [5.74, 6) is 0. The van der Waals surface area contributed by atoms with E-state index in [0.29, 0.717) is 0 Å². The third-order valence-corrected chi connectivity index (χ3v) is 9.91. The quantitative estimate of drug-likeness (QED) is 0.237. The van der Waals surface area contributed by atoms with Crippen LogP contribution in [0.5, 0.6) is 0 Å². The Morgan fingerprint density at radius 1 is 0.600 bits per heavy atom. The van der Waals surface area contributed by atoms with E-state index >= 15 is 0 Å². The van der Waals surface area contributed by atoms with Crippen molar-refractivity contribution in [1.29, 1.82) is 0 Å². The fraction of sp³-hybridized carbons (Fsp3) is 0.0625. The molecule has 0 amide bonds. The van der Waals surface area contributed by atoms with Gasteiger partial charge in [0.1, 0.15) is 0 Å². The predicted molar refractivity (Wildman–Crippen MR) is 167 cm³/mol. The van der Waals surface area contributed by atoms with Gasteiger partial charge >= 0.3 is 26.2 Å². The maximum Gasteiger partial charge on any atom is 4.00 e. The molecule has 0 fully saturated rings. The fourth-order valence-electron chi connectivity index (χ4n) is 6.25. The first-order valence-corrected chi connectivity index (χ1v) is 14.6. The number of nitrogens with zero attached hydrogens (tertiary/aromatic N) is 2. The summed E-state index contributed by atoms with van der Waals surface area (Å²) in [5, 5.41) is 10.5. The normalized spacial score (nSPS) is 11.5. The molecule has 0 bridgehead atoms.